The predicted molar refractivity (Wildman–Crippen MR) is 103 cm³/mol. The summed E-state index contributed by atoms with van der Waals surface area (Å²) >= 11 is 2.48. The van der Waals surface area contributed by atoms with Crippen LogP contribution >= 0.6 is 23.5 Å². The molecular weight excluding hydrogens is 461 g/mol. The van der Waals surface area contributed by atoms with E-state index >= 15 is 0 Å². The number of aromatic nitrogens is 3. The third kappa shape index (κ3) is 4.74. The Morgan fingerprint density at radius 1 is 1.26 bits per heavy atom. The molecule has 1 spiro atoms. The zero-order chi connectivity index (χ0) is 22.2. The largest absolute Gasteiger partial charge is 0.471 e. The first kappa shape index (κ1) is 21.8. The lowest BCUT2D eigenvalue weighted by Crippen LogP contribution is -2.16. The highest BCUT2D eigenvalue weighted by atomic mass is 32.2. The summed E-state index contributed by atoms with van der Waals surface area (Å²) in [5.41, 5.74) is -0.610. The molecule has 0 bridgehead atoms. The molecule has 0 radical (unpaired) electrons. The van der Waals surface area contributed by atoms with Crippen molar-refractivity contribution in [3.05, 3.63) is 40.7 Å². The van der Waals surface area contributed by atoms with E-state index in [0.717, 1.165) is 30.7 Å². The van der Waals surface area contributed by atoms with Gasteiger partial charge in [-0.3, -0.25) is 9.98 Å². The summed E-state index contributed by atoms with van der Waals surface area (Å²) in [7, 11) is 0. The van der Waals surface area contributed by atoms with E-state index in [0.29, 0.717) is 15.0 Å². The Kier molecular flexibility index (Phi) is 5.78. The Bertz CT molecular complexity index is 1080. The van der Waals surface area contributed by atoms with Gasteiger partial charge in [-0.1, -0.05) is 11.8 Å². The van der Waals surface area contributed by atoms with E-state index in [1.54, 1.807) is 12.1 Å². The SMILES string of the molecule is N#Cc1cc(C(F)(F)F)ncc1CSC1=NC2(CC2)c2cc(OCC(F)F)nnc2S1. The van der Waals surface area contributed by atoms with Crippen molar-refractivity contribution in [1.82, 2.24) is 15.2 Å². The number of hydrogen-bond acceptors (Lipinski definition) is 8. The first-order valence-electron chi connectivity index (χ1n) is 8.86. The number of nitrogens with zero attached hydrogens (tertiary/aromatic N) is 5. The third-order valence-electron chi connectivity index (χ3n) is 4.56. The van der Waals surface area contributed by atoms with Gasteiger partial charge in [0.2, 0.25) is 5.88 Å². The highest BCUT2D eigenvalue weighted by Gasteiger charge is 2.49. The molecule has 0 aromatic carbocycles. The van der Waals surface area contributed by atoms with Gasteiger partial charge in [0.05, 0.1) is 17.2 Å². The molecule has 2 aliphatic rings. The number of hydrogen-bond donors (Lipinski definition) is 0. The molecule has 2 aromatic rings. The lowest BCUT2D eigenvalue weighted by atomic mass is 10.1. The van der Waals surface area contributed by atoms with Crippen LogP contribution in [0.25, 0.3) is 0 Å². The molecule has 0 N–H and O–H groups in total. The van der Waals surface area contributed by atoms with Crippen LogP contribution in [0, 0.1) is 11.3 Å². The maximum Gasteiger partial charge on any atom is 0.433 e. The molecule has 0 saturated heterocycles. The minimum absolute atomic E-state index is 0.00622. The minimum atomic E-state index is -4.63. The fraction of sp³-hybridized carbons (Fsp3) is 0.389. The van der Waals surface area contributed by atoms with Gasteiger partial charge in [0.1, 0.15) is 15.1 Å². The molecule has 3 heterocycles. The number of halogens is 5. The number of thioether (sulfide) groups is 2. The molecule has 162 valence electrons. The van der Waals surface area contributed by atoms with E-state index in [4.69, 9.17) is 9.73 Å². The van der Waals surface area contributed by atoms with Crippen LogP contribution < -0.4 is 4.74 Å². The van der Waals surface area contributed by atoms with E-state index in [9.17, 15) is 27.2 Å². The maximum absolute atomic E-state index is 12.8. The zero-order valence-corrected chi connectivity index (χ0v) is 17.1. The molecule has 0 atom stereocenters. The molecule has 31 heavy (non-hydrogen) atoms. The van der Waals surface area contributed by atoms with Crippen molar-refractivity contribution in [2.75, 3.05) is 6.61 Å². The Hall–Kier alpha value is -2.46. The second kappa shape index (κ2) is 8.23. The quantitative estimate of drug-likeness (QED) is 0.578. The van der Waals surface area contributed by atoms with Crippen molar-refractivity contribution in [3.63, 3.8) is 0 Å². The van der Waals surface area contributed by atoms with Gasteiger partial charge in [-0.05, 0) is 36.2 Å². The number of rotatable bonds is 5. The predicted octanol–water partition coefficient (Wildman–Crippen LogP) is 4.79. The van der Waals surface area contributed by atoms with Crippen molar-refractivity contribution < 1.29 is 26.7 Å². The molecule has 0 amide bonds. The number of ether oxygens (including phenoxy) is 1. The summed E-state index contributed by atoms with van der Waals surface area (Å²) in [6.07, 6.45) is -4.71. The van der Waals surface area contributed by atoms with Crippen molar-refractivity contribution in [2.24, 2.45) is 4.99 Å². The molecule has 13 heteroatoms. The molecule has 6 nitrogen and oxygen atoms in total. The van der Waals surface area contributed by atoms with Crippen molar-refractivity contribution in [3.8, 4) is 11.9 Å². The van der Waals surface area contributed by atoms with Crippen LogP contribution in [0.4, 0.5) is 22.0 Å². The fourth-order valence-electron chi connectivity index (χ4n) is 2.89. The standard InChI is InChI=1S/C18H12F5N5OS2/c19-13(20)7-29-14-4-11-15(28-27-14)31-16(26-17(11)1-2-17)30-8-10-6-25-12(18(21,22)23)3-9(10)5-24/h3-4,6,13H,1-2,7-8H2. The van der Waals surface area contributed by atoms with E-state index < -0.39 is 30.4 Å². The van der Waals surface area contributed by atoms with Crippen LogP contribution in [0.2, 0.25) is 0 Å². The van der Waals surface area contributed by atoms with Crippen LogP contribution in [0.15, 0.2) is 28.3 Å². The fourth-order valence-corrected chi connectivity index (χ4v) is 5.11. The maximum atomic E-state index is 12.8. The molecule has 1 aliphatic heterocycles. The van der Waals surface area contributed by atoms with Crippen LogP contribution in [-0.2, 0) is 17.5 Å². The summed E-state index contributed by atoms with van der Waals surface area (Å²) in [5, 5.41) is 17.7. The summed E-state index contributed by atoms with van der Waals surface area (Å²) in [4.78, 5) is 8.13. The van der Waals surface area contributed by atoms with Gasteiger partial charge < -0.3 is 4.74 Å². The van der Waals surface area contributed by atoms with Gasteiger partial charge in [0.25, 0.3) is 6.43 Å². The Balaban J connectivity index is 1.49. The van der Waals surface area contributed by atoms with Crippen molar-refractivity contribution in [1.29, 1.82) is 5.26 Å². The lowest BCUT2D eigenvalue weighted by Gasteiger charge is -2.22. The average molecular weight is 473 g/mol. The molecule has 2 aromatic heterocycles. The molecule has 1 fully saturated rings. The van der Waals surface area contributed by atoms with Gasteiger partial charge in [0.15, 0.2) is 6.61 Å². The number of fused-ring (bicyclic) bond motifs is 2. The molecule has 1 aliphatic carbocycles. The van der Waals surface area contributed by atoms with Gasteiger partial charge >= 0.3 is 6.18 Å². The van der Waals surface area contributed by atoms with Gasteiger partial charge in [-0.25, -0.2) is 8.78 Å². The number of nitriles is 1. The molecule has 4 rings (SSSR count). The van der Waals surface area contributed by atoms with E-state index in [1.807, 2.05) is 0 Å². The number of aliphatic imine (C=N–C) groups is 1. The van der Waals surface area contributed by atoms with Crippen LogP contribution in [0.3, 0.4) is 0 Å². The first-order valence-corrected chi connectivity index (χ1v) is 10.7. The van der Waals surface area contributed by atoms with E-state index in [2.05, 4.69) is 15.2 Å². The van der Waals surface area contributed by atoms with Crippen LogP contribution in [0.5, 0.6) is 5.88 Å². The Morgan fingerprint density at radius 2 is 2.03 bits per heavy atom. The second-order valence-corrected chi connectivity index (χ2v) is 8.94. The van der Waals surface area contributed by atoms with Crippen molar-refractivity contribution >= 4 is 27.9 Å². The summed E-state index contributed by atoms with van der Waals surface area (Å²) in [5.74, 6) is 0.209. The highest BCUT2D eigenvalue weighted by molar-refractivity contribution is 8.38. The average Bonchev–Trinajstić information content (AvgIpc) is 3.49. The smallest absolute Gasteiger partial charge is 0.433 e. The summed E-state index contributed by atoms with van der Waals surface area (Å²) in [6, 6.07) is 4.08. The van der Waals surface area contributed by atoms with Gasteiger partial charge in [-0.15, -0.1) is 10.2 Å². The normalized spacial score (nSPS) is 16.6. The van der Waals surface area contributed by atoms with Gasteiger partial charge in [-0.2, -0.15) is 18.4 Å². The topological polar surface area (TPSA) is 84.0 Å². The molecular formula is C18H12F5N5OS2. The molecule has 1 saturated carbocycles. The first-order chi connectivity index (χ1) is 14.7. The van der Waals surface area contributed by atoms with Crippen LogP contribution in [0.1, 0.15) is 35.2 Å². The summed E-state index contributed by atoms with van der Waals surface area (Å²) < 4.78 is 68.7. The van der Waals surface area contributed by atoms with Crippen molar-refractivity contribution in [2.45, 2.75) is 41.8 Å². The monoisotopic (exact) mass is 473 g/mol. The van der Waals surface area contributed by atoms with E-state index in [1.165, 1.54) is 23.5 Å². The lowest BCUT2D eigenvalue weighted by molar-refractivity contribution is -0.141. The second-order valence-electron chi connectivity index (χ2n) is 6.74. The van der Waals surface area contributed by atoms with Gasteiger partial charge in [0, 0.05) is 23.6 Å². The number of alkyl halides is 5. The zero-order valence-electron chi connectivity index (χ0n) is 15.5. The molecule has 0 unspecified atom stereocenters. The minimum Gasteiger partial charge on any atom is -0.471 e. The Labute approximate surface area is 181 Å². The Morgan fingerprint density at radius 3 is 2.68 bits per heavy atom. The number of pyridine rings is 1. The third-order valence-corrected chi connectivity index (χ3v) is 6.72. The van der Waals surface area contributed by atoms with E-state index in [-0.39, 0.29) is 17.2 Å². The highest BCUT2D eigenvalue weighted by Crippen LogP contribution is 2.56. The van der Waals surface area contributed by atoms with Crippen LogP contribution in [-0.4, -0.2) is 32.6 Å². The summed E-state index contributed by atoms with van der Waals surface area (Å²) in [6.45, 7) is -0.777.